The van der Waals surface area contributed by atoms with Gasteiger partial charge in [-0.15, -0.1) is 0 Å². The number of fused-ring (bicyclic) bond motifs is 2. The third-order valence-electron chi connectivity index (χ3n) is 3.59. The van der Waals surface area contributed by atoms with Crippen molar-refractivity contribution in [2.24, 2.45) is 0 Å². The summed E-state index contributed by atoms with van der Waals surface area (Å²) in [5.74, 6) is 0.349. The largest absolute Gasteiger partial charge is 0.393 e. The van der Waals surface area contributed by atoms with Gasteiger partial charge in [0.2, 0.25) is 0 Å². The summed E-state index contributed by atoms with van der Waals surface area (Å²) in [6, 6.07) is 0.435. The van der Waals surface area contributed by atoms with Gasteiger partial charge in [-0.1, -0.05) is 0 Å². The summed E-state index contributed by atoms with van der Waals surface area (Å²) in [7, 11) is 4.21. The van der Waals surface area contributed by atoms with E-state index in [1.54, 1.807) is 0 Å². The molecule has 3 atom stereocenters. The number of aliphatic hydroxyl groups excluding tert-OH is 1. The predicted molar refractivity (Wildman–Crippen MR) is 44.5 cm³/mol. The third-order valence-corrected chi connectivity index (χ3v) is 3.59. The molecule has 3 nitrogen and oxygen atoms in total. The second-order valence-corrected chi connectivity index (χ2v) is 4.59. The molecular weight excluding hydrogens is 154 g/mol. The minimum Gasteiger partial charge on any atom is -0.393 e. The molecule has 2 bridgehead atoms. The maximum Gasteiger partial charge on any atom is 0.195 e. The Morgan fingerprint density at radius 1 is 1.42 bits per heavy atom. The number of carbonyl (C=O) groups is 1. The minimum atomic E-state index is -0.238. The Morgan fingerprint density at radius 2 is 2.08 bits per heavy atom. The van der Waals surface area contributed by atoms with E-state index < -0.39 is 0 Å². The molecule has 2 heterocycles. The summed E-state index contributed by atoms with van der Waals surface area (Å²) in [4.78, 5) is 11.5. The molecule has 2 aliphatic heterocycles. The van der Waals surface area contributed by atoms with E-state index in [2.05, 4.69) is 14.1 Å². The van der Waals surface area contributed by atoms with Gasteiger partial charge in [0, 0.05) is 12.8 Å². The quantitative estimate of drug-likeness (QED) is 0.517. The normalized spacial score (nSPS) is 44.9. The fourth-order valence-corrected chi connectivity index (χ4v) is 2.66. The highest BCUT2D eigenvalue weighted by molar-refractivity contribution is 5.85. The molecule has 0 aliphatic carbocycles. The summed E-state index contributed by atoms with van der Waals surface area (Å²) in [5, 5.41) is 9.48. The number of likely N-dealkylation sites (N-methyl/N-ethyl adjacent to an activating group) is 1. The molecule has 2 fully saturated rings. The Kier molecular flexibility index (Phi) is 1.57. The van der Waals surface area contributed by atoms with Crippen LogP contribution in [0.25, 0.3) is 0 Å². The first kappa shape index (κ1) is 8.20. The summed E-state index contributed by atoms with van der Waals surface area (Å²) in [6.45, 7) is 0. The molecule has 2 rings (SSSR count). The van der Waals surface area contributed by atoms with Crippen LogP contribution in [0.2, 0.25) is 0 Å². The number of carbonyl (C=O) groups excluding carboxylic acids is 1. The van der Waals surface area contributed by atoms with E-state index in [0.29, 0.717) is 24.7 Å². The minimum absolute atomic E-state index is 0.0683. The second kappa shape index (κ2) is 2.30. The number of Topliss-reactive ketones (excluding diaryl/α,β-unsaturated/α-hetero) is 1. The van der Waals surface area contributed by atoms with E-state index in [0.717, 1.165) is 10.9 Å². The maximum absolute atomic E-state index is 11.5. The van der Waals surface area contributed by atoms with Crippen LogP contribution in [-0.4, -0.2) is 47.7 Å². The average molecular weight is 170 g/mol. The van der Waals surface area contributed by atoms with Crippen LogP contribution in [0, 0.1) is 0 Å². The number of rotatable bonds is 0. The number of ketones is 1. The molecule has 3 heteroatoms. The van der Waals surface area contributed by atoms with Crippen LogP contribution in [0.3, 0.4) is 0 Å². The van der Waals surface area contributed by atoms with Crippen molar-refractivity contribution in [1.29, 1.82) is 0 Å². The molecule has 0 aromatic carbocycles. The Bertz CT molecular complexity index is 225. The van der Waals surface area contributed by atoms with E-state index in [9.17, 15) is 9.90 Å². The second-order valence-electron chi connectivity index (χ2n) is 4.59. The van der Waals surface area contributed by atoms with Crippen LogP contribution in [0.5, 0.6) is 0 Å². The number of nitrogens with zero attached hydrogens (tertiary/aromatic N) is 1. The van der Waals surface area contributed by atoms with Crippen LogP contribution >= 0.6 is 0 Å². The van der Waals surface area contributed by atoms with Gasteiger partial charge in [-0.2, -0.15) is 0 Å². The van der Waals surface area contributed by atoms with Gasteiger partial charge in [-0.25, -0.2) is 0 Å². The van der Waals surface area contributed by atoms with E-state index >= 15 is 0 Å². The summed E-state index contributed by atoms with van der Waals surface area (Å²) in [5.41, 5.74) is 0. The molecule has 0 saturated carbocycles. The average Bonchev–Trinajstić information content (AvgIpc) is 2.17. The smallest absolute Gasteiger partial charge is 0.195 e. The third kappa shape index (κ3) is 0.930. The number of hydrogen-bond donors (Lipinski definition) is 1. The molecule has 2 unspecified atom stereocenters. The molecular formula is C9H16NO2+. The highest BCUT2D eigenvalue weighted by Gasteiger charge is 2.53. The van der Waals surface area contributed by atoms with Gasteiger partial charge < -0.3 is 9.59 Å². The van der Waals surface area contributed by atoms with Crippen LogP contribution in [0.1, 0.15) is 19.3 Å². The number of piperidine rings is 1. The molecule has 68 valence electrons. The molecule has 0 radical (unpaired) electrons. The number of hydrogen-bond acceptors (Lipinski definition) is 2. The Morgan fingerprint density at radius 3 is 2.67 bits per heavy atom. The van der Waals surface area contributed by atoms with Gasteiger partial charge in [0.25, 0.3) is 0 Å². The lowest BCUT2D eigenvalue weighted by Crippen LogP contribution is -2.56. The number of aliphatic hydroxyl groups is 1. The van der Waals surface area contributed by atoms with Crippen molar-refractivity contribution in [2.75, 3.05) is 14.1 Å². The first-order chi connectivity index (χ1) is 5.51. The Balaban J connectivity index is 2.30. The number of quaternary nitrogens is 1. The van der Waals surface area contributed by atoms with Crippen molar-refractivity contribution >= 4 is 5.78 Å². The molecule has 2 saturated heterocycles. The van der Waals surface area contributed by atoms with Crippen molar-refractivity contribution < 1.29 is 14.4 Å². The van der Waals surface area contributed by atoms with Gasteiger partial charge in [-0.3, -0.25) is 4.79 Å². The van der Waals surface area contributed by atoms with Crippen molar-refractivity contribution in [3.63, 3.8) is 0 Å². The standard InChI is InChI=1S/C9H16NO2/c1-10(2)6-3-7(11)5-8(10)9(12)4-6/h6-8,11H,3-5H2,1-2H3/q+1/t6?,7-,8?/m0/s1. The zero-order valence-electron chi connectivity index (χ0n) is 7.66. The van der Waals surface area contributed by atoms with Gasteiger partial charge in [0.05, 0.1) is 32.7 Å². The lowest BCUT2D eigenvalue weighted by atomic mass is 9.98. The lowest BCUT2D eigenvalue weighted by Gasteiger charge is -2.41. The van der Waals surface area contributed by atoms with Crippen molar-refractivity contribution in [2.45, 2.75) is 37.5 Å². The summed E-state index contributed by atoms with van der Waals surface area (Å²) < 4.78 is 0.801. The highest BCUT2D eigenvalue weighted by atomic mass is 16.3. The molecule has 1 N–H and O–H groups in total. The van der Waals surface area contributed by atoms with Crippen molar-refractivity contribution in [3.8, 4) is 0 Å². The Labute approximate surface area is 72.6 Å². The van der Waals surface area contributed by atoms with Gasteiger partial charge in [-0.05, 0) is 0 Å². The fraction of sp³-hybridized carbons (Fsp3) is 0.889. The first-order valence-corrected chi connectivity index (χ1v) is 4.56. The summed E-state index contributed by atoms with van der Waals surface area (Å²) >= 11 is 0. The molecule has 0 amide bonds. The van der Waals surface area contributed by atoms with Crippen LogP contribution < -0.4 is 0 Å². The van der Waals surface area contributed by atoms with E-state index in [4.69, 9.17) is 0 Å². The van der Waals surface area contributed by atoms with Gasteiger partial charge >= 0.3 is 0 Å². The fourth-order valence-electron chi connectivity index (χ4n) is 2.66. The van der Waals surface area contributed by atoms with Gasteiger partial charge in [0.1, 0.15) is 0 Å². The molecule has 0 aromatic rings. The monoisotopic (exact) mass is 170 g/mol. The lowest BCUT2D eigenvalue weighted by molar-refractivity contribution is -0.927. The molecule has 0 spiro atoms. The zero-order chi connectivity index (χ0) is 8.93. The molecule has 0 aromatic heterocycles. The molecule has 12 heavy (non-hydrogen) atoms. The highest BCUT2D eigenvalue weighted by Crippen LogP contribution is 2.37. The van der Waals surface area contributed by atoms with Crippen LogP contribution in [0.4, 0.5) is 0 Å². The van der Waals surface area contributed by atoms with E-state index in [1.807, 2.05) is 0 Å². The van der Waals surface area contributed by atoms with Crippen molar-refractivity contribution in [3.05, 3.63) is 0 Å². The summed E-state index contributed by atoms with van der Waals surface area (Å²) in [6.07, 6.45) is 1.91. The van der Waals surface area contributed by atoms with E-state index in [-0.39, 0.29) is 12.1 Å². The predicted octanol–water partition coefficient (Wildman–Crippen LogP) is -0.0725. The first-order valence-electron chi connectivity index (χ1n) is 4.56. The Hall–Kier alpha value is -0.410. The van der Waals surface area contributed by atoms with Gasteiger partial charge in [0.15, 0.2) is 11.8 Å². The topological polar surface area (TPSA) is 37.3 Å². The maximum atomic E-state index is 11.5. The van der Waals surface area contributed by atoms with Crippen LogP contribution in [0.15, 0.2) is 0 Å². The SMILES string of the molecule is C[N+]1(C)C2CC(=O)C1C[C@@H](O)C2. The van der Waals surface area contributed by atoms with E-state index in [1.165, 1.54) is 0 Å². The molecule has 2 aliphatic rings. The van der Waals surface area contributed by atoms with Crippen LogP contribution in [-0.2, 0) is 4.79 Å². The zero-order valence-corrected chi connectivity index (χ0v) is 7.66. The van der Waals surface area contributed by atoms with Crippen molar-refractivity contribution in [1.82, 2.24) is 0 Å².